The van der Waals surface area contributed by atoms with Gasteiger partial charge in [-0.05, 0) is 59.3 Å². The van der Waals surface area contributed by atoms with Crippen molar-refractivity contribution < 1.29 is 9.53 Å². The Bertz CT molecular complexity index is 896. The second kappa shape index (κ2) is 7.99. The summed E-state index contributed by atoms with van der Waals surface area (Å²) in [5.74, 6) is 0.524. The van der Waals surface area contributed by atoms with Crippen molar-refractivity contribution in [2.24, 2.45) is 0 Å². The summed E-state index contributed by atoms with van der Waals surface area (Å²) in [6.45, 7) is 2.12. The van der Waals surface area contributed by atoms with Gasteiger partial charge in [-0.2, -0.15) is 0 Å². The molecule has 0 bridgehead atoms. The van der Waals surface area contributed by atoms with Crippen LogP contribution < -0.4 is 10.1 Å². The van der Waals surface area contributed by atoms with E-state index in [0.717, 1.165) is 15.2 Å². The molecule has 25 heavy (non-hydrogen) atoms. The Hall–Kier alpha value is -1.89. The lowest BCUT2D eigenvalue weighted by Gasteiger charge is -2.05. The van der Waals surface area contributed by atoms with Crippen molar-refractivity contribution in [2.45, 2.75) is 13.5 Å². The molecule has 0 atom stereocenters. The predicted octanol–water partition coefficient (Wildman–Crippen LogP) is 5.70. The van der Waals surface area contributed by atoms with Crippen LogP contribution >= 0.6 is 38.9 Å². The first-order valence-electron chi connectivity index (χ1n) is 7.43. The fourth-order valence-corrected chi connectivity index (χ4v) is 3.53. The van der Waals surface area contributed by atoms with Gasteiger partial charge in [-0.15, -0.1) is 11.3 Å². The SMILES string of the molecule is Cc1nc(COc2ccc(Cl)cc2)sc1C(=O)Nc1ccccc1Br. The molecule has 0 unspecified atom stereocenters. The van der Waals surface area contributed by atoms with Crippen LogP contribution in [0, 0.1) is 6.92 Å². The Kier molecular flexibility index (Phi) is 5.73. The first kappa shape index (κ1) is 17.9. The summed E-state index contributed by atoms with van der Waals surface area (Å²) in [4.78, 5) is 17.5. The maximum atomic E-state index is 12.5. The van der Waals surface area contributed by atoms with Crippen LogP contribution in [0.1, 0.15) is 20.4 Å². The number of aromatic nitrogens is 1. The topological polar surface area (TPSA) is 51.2 Å². The summed E-state index contributed by atoms with van der Waals surface area (Å²) in [6.07, 6.45) is 0. The molecule has 4 nitrogen and oxygen atoms in total. The van der Waals surface area contributed by atoms with Crippen LogP contribution in [-0.2, 0) is 6.61 Å². The highest BCUT2D eigenvalue weighted by molar-refractivity contribution is 9.10. The van der Waals surface area contributed by atoms with E-state index >= 15 is 0 Å². The number of ether oxygens (including phenoxy) is 1. The second-order valence-electron chi connectivity index (χ2n) is 5.20. The zero-order chi connectivity index (χ0) is 17.8. The summed E-state index contributed by atoms with van der Waals surface area (Å²) in [5.41, 5.74) is 1.41. The molecule has 1 amide bonds. The zero-order valence-electron chi connectivity index (χ0n) is 13.3. The lowest BCUT2D eigenvalue weighted by atomic mass is 10.3. The molecule has 0 saturated heterocycles. The van der Waals surface area contributed by atoms with E-state index in [-0.39, 0.29) is 5.91 Å². The molecule has 2 aromatic carbocycles. The molecule has 7 heteroatoms. The number of aryl methyl sites for hydroxylation is 1. The van der Waals surface area contributed by atoms with Gasteiger partial charge in [0.2, 0.25) is 0 Å². The van der Waals surface area contributed by atoms with Crippen LogP contribution in [0.15, 0.2) is 53.0 Å². The van der Waals surface area contributed by atoms with E-state index in [0.29, 0.717) is 28.0 Å². The third-order valence-corrected chi connectivity index (χ3v) is 5.42. The van der Waals surface area contributed by atoms with Crippen LogP contribution in [0.25, 0.3) is 0 Å². The molecule has 0 radical (unpaired) electrons. The Morgan fingerprint density at radius 3 is 2.68 bits per heavy atom. The molecule has 0 aliphatic carbocycles. The van der Waals surface area contributed by atoms with E-state index in [1.165, 1.54) is 11.3 Å². The highest BCUT2D eigenvalue weighted by Gasteiger charge is 2.16. The number of nitrogens with one attached hydrogen (secondary N) is 1. The van der Waals surface area contributed by atoms with E-state index in [2.05, 4.69) is 26.2 Å². The molecule has 1 N–H and O–H groups in total. The average Bonchev–Trinajstić information content (AvgIpc) is 2.97. The third-order valence-electron chi connectivity index (χ3n) is 3.35. The summed E-state index contributed by atoms with van der Waals surface area (Å²) in [5, 5.41) is 4.29. The summed E-state index contributed by atoms with van der Waals surface area (Å²) < 4.78 is 6.51. The van der Waals surface area contributed by atoms with E-state index in [1.54, 1.807) is 24.3 Å². The average molecular weight is 438 g/mol. The van der Waals surface area contributed by atoms with Crippen LogP contribution in [0.3, 0.4) is 0 Å². The quantitative estimate of drug-likeness (QED) is 0.557. The Morgan fingerprint density at radius 1 is 1.24 bits per heavy atom. The van der Waals surface area contributed by atoms with Crippen molar-refractivity contribution in [2.75, 3.05) is 5.32 Å². The van der Waals surface area contributed by atoms with Gasteiger partial charge in [0.05, 0.1) is 11.4 Å². The van der Waals surface area contributed by atoms with Crippen LogP contribution in [0.5, 0.6) is 5.75 Å². The van der Waals surface area contributed by atoms with Gasteiger partial charge in [-0.1, -0.05) is 23.7 Å². The molecule has 0 aliphatic heterocycles. The van der Waals surface area contributed by atoms with Gasteiger partial charge in [0.25, 0.3) is 5.91 Å². The molecule has 128 valence electrons. The van der Waals surface area contributed by atoms with Gasteiger partial charge in [-0.25, -0.2) is 4.98 Å². The minimum absolute atomic E-state index is 0.181. The largest absolute Gasteiger partial charge is 0.486 e. The van der Waals surface area contributed by atoms with Crippen molar-refractivity contribution in [1.29, 1.82) is 0 Å². The second-order valence-corrected chi connectivity index (χ2v) is 7.57. The number of amides is 1. The van der Waals surface area contributed by atoms with Crippen molar-refractivity contribution in [1.82, 2.24) is 4.98 Å². The van der Waals surface area contributed by atoms with Crippen LogP contribution in [-0.4, -0.2) is 10.9 Å². The Morgan fingerprint density at radius 2 is 1.96 bits per heavy atom. The molecule has 0 saturated carbocycles. The number of carbonyl (C=O) groups is 1. The van der Waals surface area contributed by atoms with Crippen molar-refractivity contribution in [3.8, 4) is 5.75 Å². The number of halogens is 2. The molecule has 0 spiro atoms. The van der Waals surface area contributed by atoms with Crippen molar-refractivity contribution in [3.63, 3.8) is 0 Å². The van der Waals surface area contributed by atoms with Crippen LogP contribution in [0.4, 0.5) is 5.69 Å². The minimum atomic E-state index is -0.181. The number of nitrogens with zero attached hydrogens (tertiary/aromatic N) is 1. The number of rotatable bonds is 5. The molecule has 0 fully saturated rings. The molecule has 1 aromatic heterocycles. The standard InChI is InChI=1S/C18H14BrClN2O2S/c1-11-17(18(23)22-15-5-3-2-4-14(15)19)25-16(21-11)10-24-13-8-6-12(20)7-9-13/h2-9H,10H2,1H3,(H,22,23). The summed E-state index contributed by atoms with van der Waals surface area (Å²) in [7, 11) is 0. The number of benzene rings is 2. The zero-order valence-corrected chi connectivity index (χ0v) is 16.4. The molecule has 3 rings (SSSR count). The number of hydrogen-bond acceptors (Lipinski definition) is 4. The maximum absolute atomic E-state index is 12.5. The van der Waals surface area contributed by atoms with Crippen molar-refractivity contribution >= 4 is 50.5 Å². The fourth-order valence-electron chi connectivity index (χ4n) is 2.14. The first-order chi connectivity index (χ1) is 12.0. The monoisotopic (exact) mass is 436 g/mol. The van der Waals surface area contributed by atoms with Gasteiger partial charge < -0.3 is 10.1 Å². The molecule has 0 aliphatic rings. The van der Waals surface area contributed by atoms with Gasteiger partial charge in [0.15, 0.2) is 0 Å². The van der Waals surface area contributed by atoms with Gasteiger partial charge in [0, 0.05) is 9.50 Å². The highest BCUT2D eigenvalue weighted by Crippen LogP contribution is 2.25. The highest BCUT2D eigenvalue weighted by atomic mass is 79.9. The van der Waals surface area contributed by atoms with E-state index in [4.69, 9.17) is 16.3 Å². The van der Waals surface area contributed by atoms with Gasteiger partial charge in [-0.3, -0.25) is 4.79 Å². The minimum Gasteiger partial charge on any atom is -0.486 e. The van der Waals surface area contributed by atoms with Crippen LogP contribution in [0.2, 0.25) is 5.02 Å². The number of para-hydroxylation sites is 1. The first-order valence-corrected chi connectivity index (χ1v) is 9.42. The molecule has 3 aromatic rings. The maximum Gasteiger partial charge on any atom is 0.267 e. The summed E-state index contributed by atoms with van der Waals surface area (Å²) >= 11 is 10.6. The molecule has 1 heterocycles. The molecular weight excluding hydrogens is 424 g/mol. The predicted molar refractivity (Wildman–Crippen MR) is 105 cm³/mol. The lowest BCUT2D eigenvalue weighted by molar-refractivity contribution is 0.102. The number of anilines is 1. The Balaban J connectivity index is 1.68. The smallest absolute Gasteiger partial charge is 0.267 e. The summed E-state index contributed by atoms with van der Waals surface area (Å²) in [6, 6.07) is 14.6. The number of hydrogen-bond donors (Lipinski definition) is 1. The molecular formula is C18H14BrClN2O2S. The van der Waals surface area contributed by atoms with E-state index < -0.39 is 0 Å². The lowest BCUT2D eigenvalue weighted by Crippen LogP contribution is -2.11. The number of carbonyl (C=O) groups excluding carboxylic acids is 1. The number of thiazole rings is 1. The van der Waals surface area contributed by atoms with Gasteiger partial charge in [0.1, 0.15) is 22.2 Å². The van der Waals surface area contributed by atoms with E-state index in [9.17, 15) is 4.79 Å². The third kappa shape index (κ3) is 4.60. The van der Waals surface area contributed by atoms with Gasteiger partial charge >= 0.3 is 0 Å². The normalized spacial score (nSPS) is 10.5. The van der Waals surface area contributed by atoms with E-state index in [1.807, 2.05) is 31.2 Å². The fraction of sp³-hybridized carbons (Fsp3) is 0.111. The Labute approximate surface area is 162 Å². The van der Waals surface area contributed by atoms with Crippen molar-refractivity contribution in [3.05, 3.63) is 73.6 Å².